The molecule has 0 fully saturated rings. The number of nitrogens with two attached hydrogens (primary N) is 1. The predicted molar refractivity (Wildman–Crippen MR) is 107 cm³/mol. The van der Waals surface area contributed by atoms with Gasteiger partial charge in [0.2, 0.25) is 0 Å². The Bertz CT molecular complexity index is 985. The number of anilines is 1. The Hall–Kier alpha value is -2.75. The number of aromatic nitrogens is 3. The summed E-state index contributed by atoms with van der Waals surface area (Å²) in [5, 5.41) is 6.87. The van der Waals surface area contributed by atoms with Crippen LogP contribution in [0.5, 0.6) is 0 Å². The Labute approximate surface area is 176 Å². The van der Waals surface area contributed by atoms with Crippen LogP contribution in [-0.4, -0.2) is 38.2 Å². The van der Waals surface area contributed by atoms with Crippen molar-refractivity contribution in [2.45, 2.75) is 45.5 Å². The Morgan fingerprint density at radius 1 is 1.37 bits per heavy atom. The van der Waals surface area contributed by atoms with E-state index in [4.69, 9.17) is 17.3 Å². The predicted octanol–water partition coefficient (Wildman–Crippen LogP) is 4.05. The molecule has 7 nitrogen and oxygen atoms in total. The van der Waals surface area contributed by atoms with Crippen molar-refractivity contribution >= 4 is 23.3 Å². The van der Waals surface area contributed by atoms with Crippen LogP contribution in [0, 0.1) is 0 Å². The lowest BCUT2D eigenvalue weighted by Gasteiger charge is -2.35. The van der Waals surface area contributed by atoms with Gasteiger partial charge >= 0.3 is 6.18 Å². The SMILES string of the molecule is CC1C(N)=C(Nc2ccn(C(C)C)n2)CCN1C(=O)c1ccnc(C(F)(F)F)c1Cl. The molecule has 3 N–H and O–H groups in total. The van der Waals surface area contributed by atoms with Crippen molar-refractivity contribution in [1.29, 1.82) is 0 Å². The zero-order valence-electron chi connectivity index (χ0n) is 16.7. The second-order valence-corrected chi connectivity index (χ2v) is 7.65. The van der Waals surface area contributed by atoms with E-state index in [2.05, 4.69) is 15.4 Å². The molecule has 0 radical (unpaired) electrons. The molecule has 0 bridgehead atoms. The number of pyridine rings is 1. The van der Waals surface area contributed by atoms with Crippen molar-refractivity contribution in [3.8, 4) is 0 Å². The Balaban J connectivity index is 1.82. The zero-order chi connectivity index (χ0) is 22.2. The minimum absolute atomic E-state index is 0.206. The first-order chi connectivity index (χ1) is 14.0. The minimum atomic E-state index is -4.75. The van der Waals surface area contributed by atoms with Crippen LogP contribution >= 0.6 is 11.6 Å². The van der Waals surface area contributed by atoms with Crippen LogP contribution in [0.25, 0.3) is 0 Å². The summed E-state index contributed by atoms with van der Waals surface area (Å²) >= 11 is 5.86. The van der Waals surface area contributed by atoms with Crippen LogP contribution in [0.3, 0.4) is 0 Å². The molecule has 2 aromatic rings. The maximum atomic E-state index is 13.1. The third-order valence-corrected chi connectivity index (χ3v) is 5.32. The fourth-order valence-electron chi connectivity index (χ4n) is 3.21. The Kier molecular flexibility index (Phi) is 5.98. The quantitative estimate of drug-likeness (QED) is 0.745. The second kappa shape index (κ2) is 8.17. The van der Waals surface area contributed by atoms with Gasteiger partial charge in [-0.3, -0.25) is 14.5 Å². The average Bonchev–Trinajstić information content (AvgIpc) is 3.13. The van der Waals surface area contributed by atoms with Crippen molar-refractivity contribution in [3.05, 3.63) is 52.2 Å². The summed E-state index contributed by atoms with van der Waals surface area (Å²) in [6, 6.07) is 2.66. The molecule has 1 aliphatic heterocycles. The van der Waals surface area contributed by atoms with E-state index in [-0.39, 0.29) is 18.2 Å². The molecule has 0 saturated heterocycles. The molecule has 0 spiro atoms. The zero-order valence-corrected chi connectivity index (χ0v) is 17.4. The molecule has 1 amide bonds. The highest BCUT2D eigenvalue weighted by Gasteiger charge is 2.38. The van der Waals surface area contributed by atoms with Crippen molar-refractivity contribution in [2.75, 3.05) is 11.9 Å². The van der Waals surface area contributed by atoms with E-state index >= 15 is 0 Å². The average molecular weight is 443 g/mol. The van der Waals surface area contributed by atoms with Gasteiger partial charge in [0.15, 0.2) is 11.5 Å². The number of carbonyl (C=O) groups is 1. The summed E-state index contributed by atoms with van der Waals surface area (Å²) in [5.74, 6) is -0.00731. The summed E-state index contributed by atoms with van der Waals surface area (Å²) in [4.78, 5) is 17.6. The standard InChI is InChI=1S/C19H22ClF3N6O/c1-10(2)29-9-6-14(27-29)26-13-5-8-28(11(3)16(13)24)18(30)12-4-7-25-17(15(12)20)19(21,22)23/h4,6-7,9-11H,5,8,24H2,1-3H3,(H,26,27). The van der Waals surface area contributed by atoms with Crippen LogP contribution in [0.15, 0.2) is 35.9 Å². The van der Waals surface area contributed by atoms with Crippen molar-refractivity contribution in [2.24, 2.45) is 5.73 Å². The van der Waals surface area contributed by atoms with Crippen molar-refractivity contribution in [1.82, 2.24) is 19.7 Å². The number of alkyl halides is 3. The van der Waals surface area contributed by atoms with E-state index in [1.54, 1.807) is 11.6 Å². The van der Waals surface area contributed by atoms with E-state index in [9.17, 15) is 18.0 Å². The van der Waals surface area contributed by atoms with E-state index in [0.29, 0.717) is 17.9 Å². The van der Waals surface area contributed by atoms with Crippen LogP contribution in [-0.2, 0) is 6.18 Å². The molecule has 2 aromatic heterocycles. The van der Waals surface area contributed by atoms with E-state index < -0.39 is 28.8 Å². The maximum Gasteiger partial charge on any atom is 0.434 e. The van der Waals surface area contributed by atoms with Gasteiger partial charge in [0.05, 0.1) is 22.3 Å². The number of hydrogen-bond acceptors (Lipinski definition) is 5. The van der Waals surface area contributed by atoms with Crippen LogP contribution < -0.4 is 11.1 Å². The van der Waals surface area contributed by atoms with Crippen molar-refractivity contribution < 1.29 is 18.0 Å². The third kappa shape index (κ3) is 4.23. The van der Waals surface area contributed by atoms with Crippen LogP contribution in [0.4, 0.5) is 19.0 Å². The van der Waals surface area contributed by atoms with Gasteiger partial charge < -0.3 is 16.0 Å². The number of amides is 1. The second-order valence-electron chi connectivity index (χ2n) is 7.28. The molecule has 0 saturated carbocycles. The number of halogens is 4. The summed E-state index contributed by atoms with van der Waals surface area (Å²) in [7, 11) is 0. The first-order valence-corrected chi connectivity index (χ1v) is 9.71. The lowest BCUT2D eigenvalue weighted by Crippen LogP contribution is -2.46. The molecular weight excluding hydrogens is 421 g/mol. The minimum Gasteiger partial charge on any atom is -0.399 e. The van der Waals surface area contributed by atoms with Gasteiger partial charge in [-0.25, -0.2) is 0 Å². The van der Waals surface area contributed by atoms with Gasteiger partial charge in [-0.15, -0.1) is 0 Å². The first kappa shape index (κ1) is 21.9. The van der Waals surface area contributed by atoms with Gasteiger partial charge in [-0.2, -0.15) is 18.3 Å². The molecule has 1 aliphatic rings. The number of carbonyl (C=O) groups excluding carboxylic acids is 1. The fraction of sp³-hybridized carbons (Fsp3) is 0.421. The Morgan fingerprint density at radius 3 is 2.67 bits per heavy atom. The highest BCUT2D eigenvalue weighted by molar-refractivity contribution is 6.34. The summed E-state index contributed by atoms with van der Waals surface area (Å²) in [5.41, 5.74) is 5.83. The monoisotopic (exact) mass is 442 g/mol. The lowest BCUT2D eigenvalue weighted by molar-refractivity contribution is -0.141. The molecule has 1 atom stereocenters. The van der Waals surface area contributed by atoms with E-state index in [1.807, 2.05) is 26.1 Å². The third-order valence-electron chi connectivity index (χ3n) is 4.93. The van der Waals surface area contributed by atoms with Gasteiger partial charge in [0.25, 0.3) is 5.91 Å². The largest absolute Gasteiger partial charge is 0.434 e. The van der Waals surface area contributed by atoms with Crippen LogP contribution in [0.2, 0.25) is 5.02 Å². The van der Waals surface area contributed by atoms with Gasteiger partial charge in [0, 0.05) is 43.2 Å². The van der Waals surface area contributed by atoms with E-state index in [0.717, 1.165) is 11.9 Å². The molecule has 0 aromatic carbocycles. The number of rotatable bonds is 4. The fourth-order valence-corrected chi connectivity index (χ4v) is 3.51. The molecule has 0 aliphatic carbocycles. The molecule has 11 heteroatoms. The highest BCUT2D eigenvalue weighted by Crippen LogP contribution is 2.35. The van der Waals surface area contributed by atoms with Crippen molar-refractivity contribution in [3.63, 3.8) is 0 Å². The van der Waals surface area contributed by atoms with E-state index in [1.165, 1.54) is 11.0 Å². The summed E-state index contributed by atoms with van der Waals surface area (Å²) in [6.07, 6.45) is -1.59. The number of nitrogens with one attached hydrogen (secondary N) is 1. The Morgan fingerprint density at radius 2 is 2.07 bits per heavy atom. The molecule has 1 unspecified atom stereocenters. The smallest absolute Gasteiger partial charge is 0.399 e. The van der Waals surface area contributed by atoms with Gasteiger partial charge in [-0.1, -0.05) is 11.6 Å². The number of hydrogen-bond donors (Lipinski definition) is 2. The molecule has 3 rings (SSSR count). The summed E-state index contributed by atoms with van der Waals surface area (Å²) < 4.78 is 41.0. The molecule has 30 heavy (non-hydrogen) atoms. The van der Waals surface area contributed by atoms with Gasteiger partial charge in [0.1, 0.15) is 0 Å². The maximum absolute atomic E-state index is 13.1. The highest BCUT2D eigenvalue weighted by atomic mass is 35.5. The van der Waals surface area contributed by atoms with Crippen LogP contribution in [0.1, 0.15) is 49.3 Å². The number of nitrogens with zero attached hydrogens (tertiary/aromatic N) is 4. The topological polar surface area (TPSA) is 89.1 Å². The summed E-state index contributed by atoms with van der Waals surface area (Å²) in [6.45, 7) is 5.98. The lowest BCUT2D eigenvalue weighted by atomic mass is 10.0. The first-order valence-electron chi connectivity index (χ1n) is 9.34. The molecule has 3 heterocycles. The molecular formula is C19H22ClF3N6O. The normalized spacial score (nSPS) is 17.6. The van der Waals surface area contributed by atoms with Gasteiger partial charge in [-0.05, 0) is 26.8 Å². The molecule has 162 valence electrons.